The minimum Gasteiger partial charge on any atom is -0.494 e. The van der Waals surface area contributed by atoms with Crippen LogP contribution in [0.2, 0.25) is 0 Å². The predicted octanol–water partition coefficient (Wildman–Crippen LogP) is 2.56. The second kappa shape index (κ2) is 6.79. The number of ether oxygens (including phenoxy) is 1. The van der Waals surface area contributed by atoms with Gasteiger partial charge in [-0.1, -0.05) is 0 Å². The Morgan fingerprint density at radius 3 is 2.75 bits per heavy atom. The predicted molar refractivity (Wildman–Crippen MR) is 80.7 cm³/mol. The molecule has 1 fully saturated rings. The van der Waals surface area contributed by atoms with Crippen molar-refractivity contribution in [1.29, 1.82) is 0 Å². The van der Waals surface area contributed by atoms with Gasteiger partial charge in [-0.2, -0.15) is 0 Å². The molecule has 3 N–H and O–H groups in total. The lowest BCUT2D eigenvalue weighted by Crippen LogP contribution is -2.30. The summed E-state index contributed by atoms with van der Waals surface area (Å²) in [6.45, 7) is 3.21. The summed E-state index contributed by atoms with van der Waals surface area (Å²) in [6.07, 6.45) is 3.62. The van der Waals surface area contributed by atoms with Crippen LogP contribution in [0.15, 0.2) is 12.1 Å². The van der Waals surface area contributed by atoms with Crippen LogP contribution in [0.5, 0.6) is 5.75 Å². The molecule has 1 aromatic rings. The average Bonchev–Trinajstić information content (AvgIpc) is 2.43. The molecule has 1 heterocycles. The topological polar surface area (TPSA) is 50.5 Å². The molecule has 0 radical (unpaired) electrons. The van der Waals surface area contributed by atoms with E-state index in [1.807, 2.05) is 0 Å². The molecule has 0 aliphatic carbocycles. The standard InChI is InChI=1S/C15H24FN3O/c1-19-7-4-11(5-8-19)3-6-18-14-10-15(20-2)12(16)9-13(14)17/h9-11,18H,3-8,17H2,1-2H3. The molecular weight excluding hydrogens is 257 g/mol. The number of likely N-dealkylation sites (tertiary alicyclic amines) is 1. The number of hydrogen-bond donors (Lipinski definition) is 2. The number of benzene rings is 1. The van der Waals surface area contributed by atoms with Gasteiger partial charge in [0, 0.05) is 18.7 Å². The van der Waals surface area contributed by atoms with Crippen LogP contribution in [0.4, 0.5) is 15.8 Å². The summed E-state index contributed by atoms with van der Waals surface area (Å²) in [5, 5.41) is 3.29. The SMILES string of the molecule is COc1cc(NCCC2CCN(C)CC2)c(N)cc1F. The molecule has 112 valence electrons. The van der Waals surface area contributed by atoms with Crippen molar-refractivity contribution in [3.05, 3.63) is 17.9 Å². The molecular formula is C15H24FN3O. The fourth-order valence-corrected chi connectivity index (χ4v) is 2.64. The van der Waals surface area contributed by atoms with Crippen molar-refractivity contribution in [2.75, 3.05) is 44.8 Å². The smallest absolute Gasteiger partial charge is 0.167 e. The summed E-state index contributed by atoms with van der Waals surface area (Å²) in [5.41, 5.74) is 6.99. The van der Waals surface area contributed by atoms with E-state index in [4.69, 9.17) is 10.5 Å². The maximum Gasteiger partial charge on any atom is 0.167 e. The fraction of sp³-hybridized carbons (Fsp3) is 0.600. The zero-order valence-corrected chi connectivity index (χ0v) is 12.3. The molecule has 4 nitrogen and oxygen atoms in total. The van der Waals surface area contributed by atoms with Crippen LogP contribution < -0.4 is 15.8 Å². The van der Waals surface area contributed by atoms with Crippen molar-refractivity contribution in [2.45, 2.75) is 19.3 Å². The lowest BCUT2D eigenvalue weighted by molar-refractivity contribution is 0.215. The van der Waals surface area contributed by atoms with Crippen molar-refractivity contribution in [1.82, 2.24) is 4.90 Å². The number of halogens is 1. The summed E-state index contributed by atoms with van der Waals surface area (Å²) in [6, 6.07) is 2.93. The fourth-order valence-electron chi connectivity index (χ4n) is 2.64. The molecule has 20 heavy (non-hydrogen) atoms. The van der Waals surface area contributed by atoms with Crippen LogP contribution in [0.25, 0.3) is 0 Å². The number of anilines is 2. The Hall–Kier alpha value is -1.49. The summed E-state index contributed by atoms with van der Waals surface area (Å²) in [4.78, 5) is 2.37. The molecule has 0 amide bonds. The molecule has 0 saturated carbocycles. The zero-order chi connectivity index (χ0) is 14.5. The summed E-state index contributed by atoms with van der Waals surface area (Å²) in [5.74, 6) is 0.564. The number of hydrogen-bond acceptors (Lipinski definition) is 4. The van der Waals surface area contributed by atoms with Gasteiger partial charge in [0.2, 0.25) is 0 Å². The monoisotopic (exact) mass is 281 g/mol. The van der Waals surface area contributed by atoms with Crippen molar-refractivity contribution in [2.24, 2.45) is 5.92 Å². The van der Waals surface area contributed by atoms with Gasteiger partial charge in [0.05, 0.1) is 18.5 Å². The molecule has 0 unspecified atom stereocenters. The molecule has 1 aliphatic heterocycles. The lowest BCUT2D eigenvalue weighted by Gasteiger charge is -2.29. The molecule has 5 heteroatoms. The number of nitrogens with zero attached hydrogens (tertiary/aromatic N) is 1. The Bertz CT molecular complexity index is 445. The second-order valence-electron chi connectivity index (χ2n) is 5.54. The van der Waals surface area contributed by atoms with Gasteiger partial charge in [0.25, 0.3) is 0 Å². The summed E-state index contributed by atoms with van der Waals surface area (Å²) < 4.78 is 18.4. The molecule has 0 spiro atoms. The third-order valence-electron chi connectivity index (χ3n) is 4.03. The van der Waals surface area contributed by atoms with E-state index in [1.165, 1.54) is 39.1 Å². The van der Waals surface area contributed by atoms with E-state index in [9.17, 15) is 4.39 Å². The Labute approximate surface area is 120 Å². The van der Waals surface area contributed by atoms with E-state index >= 15 is 0 Å². The third-order valence-corrected chi connectivity index (χ3v) is 4.03. The van der Waals surface area contributed by atoms with E-state index < -0.39 is 5.82 Å². The molecule has 0 atom stereocenters. The van der Waals surface area contributed by atoms with Crippen LogP contribution in [-0.4, -0.2) is 38.7 Å². The first-order valence-corrected chi connectivity index (χ1v) is 7.15. The van der Waals surface area contributed by atoms with Gasteiger partial charge in [-0.15, -0.1) is 0 Å². The Balaban J connectivity index is 1.85. The van der Waals surface area contributed by atoms with Gasteiger partial charge in [-0.3, -0.25) is 0 Å². The number of nitrogens with one attached hydrogen (secondary N) is 1. The van der Waals surface area contributed by atoms with Crippen molar-refractivity contribution in [3.63, 3.8) is 0 Å². The number of nitrogens with two attached hydrogens (primary N) is 1. The minimum atomic E-state index is -0.425. The molecule has 1 aromatic carbocycles. The minimum absolute atomic E-state index is 0.223. The van der Waals surface area contributed by atoms with Crippen molar-refractivity contribution < 1.29 is 9.13 Å². The van der Waals surface area contributed by atoms with E-state index in [0.717, 1.165) is 24.6 Å². The maximum absolute atomic E-state index is 13.4. The largest absolute Gasteiger partial charge is 0.494 e. The van der Waals surface area contributed by atoms with E-state index in [-0.39, 0.29) is 5.75 Å². The Morgan fingerprint density at radius 1 is 1.40 bits per heavy atom. The van der Waals surface area contributed by atoms with Gasteiger partial charge < -0.3 is 20.7 Å². The van der Waals surface area contributed by atoms with E-state index in [0.29, 0.717) is 5.69 Å². The van der Waals surface area contributed by atoms with Crippen LogP contribution >= 0.6 is 0 Å². The van der Waals surface area contributed by atoms with Gasteiger partial charge in [0.15, 0.2) is 11.6 Å². The van der Waals surface area contributed by atoms with Gasteiger partial charge >= 0.3 is 0 Å². The van der Waals surface area contributed by atoms with Crippen molar-refractivity contribution >= 4 is 11.4 Å². The Kier molecular flexibility index (Phi) is 5.06. The van der Waals surface area contributed by atoms with E-state index in [2.05, 4.69) is 17.3 Å². The highest BCUT2D eigenvalue weighted by molar-refractivity contribution is 5.68. The number of piperidine rings is 1. The van der Waals surface area contributed by atoms with Gasteiger partial charge in [0.1, 0.15) is 0 Å². The average molecular weight is 281 g/mol. The van der Waals surface area contributed by atoms with Crippen LogP contribution in [0, 0.1) is 11.7 Å². The zero-order valence-electron chi connectivity index (χ0n) is 12.3. The second-order valence-corrected chi connectivity index (χ2v) is 5.54. The van der Waals surface area contributed by atoms with Crippen LogP contribution in [0.3, 0.4) is 0 Å². The highest BCUT2D eigenvalue weighted by Crippen LogP contribution is 2.28. The van der Waals surface area contributed by atoms with Crippen LogP contribution in [0.1, 0.15) is 19.3 Å². The molecule has 0 bridgehead atoms. The first kappa shape index (κ1) is 14.9. The highest BCUT2D eigenvalue weighted by Gasteiger charge is 2.16. The normalized spacial score (nSPS) is 17.1. The number of rotatable bonds is 5. The summed E-state index contributed by atoms with van der Waals surface area (Å²) in [7, 11) is 3.62. The number of methoxy groups -OCH3 is 1. The lowest BCUT2D eigenvalue weighted by atomic mass is 9.94. The van der Waals surface area contributed by atoms with Crippen molar-refractivity contribution in [3.8, 4) is 5.75 Å². The molecule has 2 rings (SSSR count). The Morgan fingerprint density at radius 2 is 2.10 bits per heavy atom. The first-order valence-electron chi connectivity index (χ1n) is 7.15. The first-order chi connectivity index (χ1) is 9.60. The van der Waals surface area contributed by atoms with Gasteiger partial charge in [-0.25, -0.2) is 4.39 Å². The number of nitrogen functional groups attached to an aromatic ring is 1. The quantitative estimate of drug-likeness (QED) is 0.814. The summed E-state index contributed by atoms with van der Waals surface area (Å²) >= 11 is 0. The maximum atomic E-state index is 13.4. The third kappa shape index (κ3) is 3.76. The molecule has 0 aromatic heterocycles. The molecule has 1 aliphatic rings. The van der Waals surface area contributed by atoms with Gasteiger partial charge in [-0.05, 0) is 45.3 Å². The molecule has 1 saturated heterocycles. The highest BCUT2D eigenvalue weighted by atomic mass is 19.1. The van der Waals surface area contributed by atoms with Crippen LogP contribution in [-0.2, 0) is 0 Å². The van der Waals surface area contributed by atoms with E-state index in [1.54, 1.807) is 6.07 Å².